The van der Waals surface area contributed by atoms with Gasteiger partial charge in [-0.1, -0.05) is 54.3 Å². The van der Waals surface area contributed by atoms with Crippen LogP contribution in [0.1, 0.15) is 23.6 Å². The van der Waals surface area contributed by atoms with Gasteiger partial charge in [-0.05, 0) is 36.8 Å². The average Bonchev–Trinajstić information content (AvgIpc) is 2.79. The normalized spacial score (nSPS) is 10.5. The van der Waals surface area contributed by atoms with Crippen molar-refractivity contribution in [2.75, 3.05) is 11.9 Å². The van der Waals surface area contributed by atoms with Gasteiger partial charge in [0.1, 0.15) is 0 Å². The zero-order chi connectivity index (χ0) is 22.1. The maximum absolute atomic E-state index is 12.1. The van der Waals surface area contributed by atoms with E-state index in [1.54, 1.807) is 19.1 Å². The summed E-state index contributed by atoms with van der Waals surface area (Å²) in [5.41, 5.74) is 3.52. The van der Waals surface area contributed by atoms with Crippen molar-refractivity contribution in [1.29, 1.82) is 0 Å². The molecule has 0 aromatic heterocycles. The highest BCUT2D eigenvalue weighted by molar-refractivity contribution is 5.94. The smallest absolute Gasteiger partial charge is 0.332 e. The molecule has 0 saturated heterocycles. The summed E-state index contributed by atoms with van der Waals surface area (Å²) in [6.45, 7) is 2.04. The summed E-state index contributed by atoms with van der Waals surface area (Å²) < 4.78 is 5.06. The molecule has 154 valence electrons. The molecule has 0 unspecified atom stereocenters. The van der Waals surface area contributed by atoms with E-state index in [0.29, 0.717) is 16.8 Å². The fourth-order valence-corrected chi connectivity index (χ4v) is 2.76. The van der Waals surface area contributed by atoms with E-state index >= 15 is 0 Å². The minimum atomic E-state index is -0.447. The Kier molecular flexibility index (Phi) is 7.17. The Bertz CT molecular complexity index is 1160. The quantitative estimate of drug-likeness (QED) is 0.202. The van der Waals surface area contributed by atoms with E-state index in [9.17, 15) is 14.9 Å². The molecule has 0 spiro atoms. The van der Waals surface area contributed by atoms with Crippen molar-refractivity contribution in [3.8, 4) is 11.8 Å². The van der Waals surface area contributed by atoms with E-state index in [4.69, 9.17) is 4.74 Å². The van der Waals surface area contributed by atoms with Gasteiger partial charge in [-0.25, -0.2) is 4.79 Å². The van der Waals surface area contributed by atoms with Gasteiger partial charge in [0.15, 0.2) is 0 Å². The number of hydrogen-bond donors (Lipinski definition) is 1. The molecule has 0 saturated carbocycles. The predicted molar refractivity (Wildman–Crippen MR) is 120 cm³/mol. The van der Waals surface area contributed by atoms with Crippen LogP contribution < -0.4 is 5.32 Å². The SMILES string of the molecule is CCOC(=O)/C=C(/Nc1ccccc1C#Cc1ccc([N+](=O)[O-])cc1)c1ccccc1. The molecule has 0 radical (unpaired) electrons. The summed E-state index contributed by atoms with van der Waals surface area (Å²) in [5.74, 6) is 5.66. The molecular formula is C25H20N2O4. The summed E-state index contributed by atoms with van der Waals surface area (Å²) >= 11 is 0. The Hall–Kier alpha value is -4.37. The molecule has 3 rings (SSSR count). The standard InChI is InChI=1S/C25H20N2O4/c1-2-31-25(28)18-24(20-8-4-3-5-9-20)26-23-11-7-6-10-21(23)15-12-19-13-16-22(17-14-19)27(29)30/h3-11,13-14,16-18,26H,2H2,1H3/b24-18+. The van der Waals surface area contributed by atoms with Gasteiger partial charge in [-0.2, -0.15) is 0 Å². The summed E-state index contributed by atoms with van der Waals surface area (Å²) in [7, 11) is 0. The number of nitrogens with one attached hydrogen (secondary N) is 1. The third-order valence-electron chi connectivity index (χ3n) is 4.25. The van der Waals surface area contributed by atoms with E-state index in [0.717, 1.165) is 11.3 Å². The molecule has 31 heavy (non-hydrogen) atoms. The first-order valence-corrected chi connectivity index (χ1v) is 9.63. The highest BCUT2D eigenvalue weighted by Gasteiger charge is 2.08. The molecule has 6 heteroatoms. The van der Waals surface area contributed by atoms with Crippen molar-refractivity contribution >= 4 is 23.0 Å². The second-order valence-electron chi connectivity index (χ2n) is 6.40. The van der Waals surface area contributed by atoms with E-state index in [-0.39, 0.29) is 12.3 Å². The van der Waals surface area contributed by atoms with E-state index in [1.807, 2.05) is 54.6 Å². The number of non-ortho nitro benzene ring substituents is 1. The first-order valence-electron chi connectivity index (χ1n) is 9.63. The van der Waals surface area contributed by atoms with Gasteiger partial charge in [0.05, 0.1) is 22.9 Å². The number of benzene rings is 3. The molecule has 0 bridgehead atoms. The van der Waals surface area contributed by atoms with Gasteiger partial charge >= 0.3 is 5.97 Å². The fraction of sp³-hybridized carbons (Fsp3) is 0.0800. The van der Waals surface area contributed by atoms with Gasteiger partial charge in [0, 0.05) is 29.3 Å². The van der Waals surface area contributed by atoms with Crippen molar-refractivity contribution in [2.24, 2.45) is 0 Å². The van der Waals surface area contributed by atoms with Crippen LogP contribution >= 0.6 is 0 Å². The van der Waals surface area contributed by atoms with Crippen LogP contribution in [0, 0.1) is 22.0 Å². The molecular weight excluding hydrogens is 392 g/mol. The number of hydrogen-bond acceptors (Lipinski definition) is 5. The lowest BCUT2D eigenvalue weighted by molar-refractivity contribution is -0.384. The molecule has 0 aliphatic rings. The molecule has 0 aliphatic heterocycles. The third kappa shape index (κ3) is 6.05. The number of anilines is 1. The van der Waals surface area contributed by atoms with Crippen LogP contribution in [0.4, 0.5) is 11.4 Å². The van der Waals surface area contributed by atoms with Crippen molar-refractivity contribution in [3.63, 3.8) is 0 Å². The summed E-state index contributed by atoms with van der Waals surface area (Å²) in [4.78, 5) is 22.4. The molecule has 6 nitrogen and oxygen atoms in total. The Balaban J connectivity index is 1.91. The van der Waals surface area contributed by atoms with Crippen LogP contribution in [0.5, 0.6) is 0 Å². The number of carbonyl (C=O) groups is 1. The van der Waals surface area contributed by atoms with Crippen molar-refractivity contribution in [2.45, 2.75) is 6.92 Å². The Morgan fingerprint density at radius 3 is 2.35 bits per heavy atom. The molecule has 0 amide bonds. The third-order valence-corrected chi connectivity index (χ3v) is 4.25. The molecule has 0 fully saturated rings. The zero-order valence-corrected chi connectivity index (χ0v) is 16.9. The van der Waals surface area contributed by atoms with Crippen molar-refractivity contribution in [1.82, 2.24) is 0 Å². The van der Waals surface area contributed by atoms with Crippen LogP contribution in [0.15, 0.2) is 84.9 Å². The molecule has 0 heterocycles. The van der Waals surface area contributed by atoms with Gasteiger partial charge < -0.3 is 10.1 Å². The number of nitro benzene ring substituents is 1. The minimum absolute atomic E-state index is 0.0178. The number of nitrogens with zero attached hydrogens (tertiary/aromatic N) is 1. The Morgan fingerprint density at radius 2 is 1.68 bits per heavy atom. The number of para-hydroxylation sites is 1. The van der Waals surface area contributed by atoms with Gasteiger partial charge in [0.25, 0.3) is 5.69 Å². The zero-order valence-electron chi connectivity index (χ0n) is 16.9. The van der Waals surface area contributed by atoms with Gasteiger partial charge in [0.2, 0.25) is 0 Å². The van der Waals surface area contributed by atoms with Crippen molar-refractivity contribution < 1.29 is 14.5 Å². The first kappa shape index (κ1) is 21.3. The monoisotopic (exact) mass is 412 g/mol. The van der Waals surface area contributed by atoms with E-state index in [1.165, 1.54) is 18.2 Å². The van der Waals surface area contributed by atoms with E-state index < -0.39 is 10.9 Å². The maximum atomic E-state index is 12.1. The molecule has 3 aromatic carbocycles. The lowest BCUT2D eigenvalue weighted by Crippen LogP contribution is -2.06. The second kappa shape index (κ2) is 10.4. The lowest BCUT2D eigenvalue weighted by Gasteiger charge is -2.13. The number of ether oxygens (including phenoxy) is 1. The number of esters is 1. The topological polar surface area (TPSA) is 81.5 Å². The largest absolute Gasteiger partial charge is 0.463 e. The first-order chi connectivity index (χ1) is 15.1. The molecule has 0 atom stereocenters. The fourth-order valence-electron chi connectivity index (χ4n) is 2.76. The number of carbonyl (C=O) groups excluding carboxylic acids is 1. The van der Waals surface area contributed by atoms with Crippen LogP contribution in [-0.4, -0.2) is 17.5 Å². The van der Waals surface area contributed by atoms with E-state index in [2.05, 4.69) is 17.2 Å². The van der Waals surface area contributed by atoms with Gasteiger partial charge in [-0.3, -0.25) is 10.1 Å². The summed E-state index contributed by atoms with van der Waals surface area (Å²) in [6.07, 6.45) is 1.42. The molecule has 1 N–H and O–H groups in total. The molecule has 0 aliphatic carbocycles. The Labute approximate surface area is 180 Å². The second-order valence-corrected chi connectivity index (χ2v) is 6.40. The Morgan fingerprint density at radius 1 is 1.00 bits per heavy atom. The van der Waals surface area contributed by atoms with Crippen LogP contribution in [0.25, 0.3) is 5.70 Å². The average molecular weight is 412 g/mol. The highest BCUT2D eigenvalue weighted by Crippen LogP contribution is 2.22. The lowest BCUT2D eigenvalue weighted by atomic mass is 10.1. The van der Waals surface area contributed by atoms with Crippen LogP contribution in [0.3, 0.4) is 0 Å². The van der Waals surface area contributed by atoms with Crippen LogP contribution in [-0.2, 0) is 9.53 Å². The number of rotatable bonds is 6. The van der Waals surface area contributed by atoms with Crippen LogP contribution in [0.2, 0.25) is 0 Å². The predicted octanol–water partition coefficient (Wildman–Crippen LogP) is 5.01. The minimum Gasteiger partial charge on any atom is -0.463 e. The summed E-state index contributed by atoms with van der Waals surface area (Å²) in [5, 5.41) is 14.1. The van der Waals surface area contributed by atoms with Crippen molar-refractivity contribution in [3.05, 3.63) is 112 Å². The highest BCUT2D eigenvalue weighted by atomic mass is 16.6. The summed E-state index contributed by atoms with van der Waals surface area (Å²) in [6, 6.07) is 23.0. The number of nitro groups is 1. The van der Waals surface area contributed by atoms with Gasteiger partial charge in [-0.15, -0.1) is 0 Å². The maximum Gasteiger partial charge on any atom is 0.332 e. The molecule has 3 aromatic rings.